The van der Waals surface area contributed by atoms with Crippen molar-refractivity contribution < 1.29 is 9.26 Å². The number of hydrogen-bond acceptors (Lipinski definition) is 8. The maximum Gasteiger partial charge on any atom is 0.245 e. The van der Waals surface area contributed by atoms with Crippen LogP contribution in [0.15, 0.2) is 17.2 Å². The quantitative estimate of drug-likeness (QED) is 0.699. The predicted octanol–water partition coefficient (Wildman–Crippen LogP) is 0.0428. The van der Waals surface area contributed by atoms with Crippen molar-refractivity contribution in [3.05, 3.63) is 18.5 Å². The minimum Gasteiger partial charge on any atom is -0.479 e. The second kappa shape index (κ2) is 4.52. The first kappa shape index (κ1) is 11.4. The van der Waals surface area contributed by atoms with Crippen LogP contribution in [0.5, 0.6) is 5.88 Å². The Hall–Kier alpha value is -2.71. The summed E-state index contributed by atoms with van der Waals surface area (Å²) in [7, 11) is 1.52. The highest BCUT2D eigenvalue weighted by molar-refractivity contribution is 5.78. The van der Waals surface area contributed by atoms with Crippen molar-refractivity contribution in [3.8, 4) is 5.88 Å². The highest BCUT2D eigenvalue weighted by Gasteiger charge is 2.14. The molecule has 98 valence electrons. The minimum atomic E-state index is 0.345. The Morgan fingerprint density at radius 2 is 2.26 bits per heavy atom. The number of rotatable bonds is 4. The number of nitrogens with zero attached hydrogens (tertiary/aromatic N) is 6. The van der Waals surface area contributed by atoms with Gasteiger partial charge in [0.2, 0.25) is 18.2 Å². The summed E-state index contributed by atoms with van der Waals surface area (Å²) >= 11 is 0. The number of aryl methyl sites for hydroxylation is 2. The molecule has 0 saturated carbocycles. The van der Waals surface area contributed by atoms with Gasteiger partial charge in [-0.25, -0.2) is 9.97 Å². The number of methoxy groups -OCH3 is 1. The van der Waals surface area contributed by atoms with Crippen LogP contribution in [-0.4, -0.2) is 36.8 Å². The molecule has 3 aromatic heterocycles. The zero-order valence-electron chi connectivity index (χ0n) is 10.1. The van der Waals surface area contributed by atoms with E-state index in [-0.39, 0.29) is 0 Å². The van der Waals surface area contributed by atoms with Crippen LogP contribution in [0, 0.1) is 0 Å². The second-order valence-electron chi connectivity index (χ2n) is 3.77. The van der Waals surface area contributed by atoms with Crippen LogP contribution in [0.3, 0.4) is 0 Å². The van der Waals surface area contributed by atoms with E-state index in [1.54, 1.807) is 4.57 Å². The van der Waals surface area contributed by atoms with Crippen LogP contribution in [0.25, 0.3) is 11.2 Å². The van der Waals surface area contributed by atoms with Crippen LogP contribution in [0.1, 0.15) is 5.82 Å². The maximum atomic E-state index is 5.88. The van der Waals surface area contributed by atoms with E-state index in [1.165, 1.54) is 19.8 Å². The van der Waals surface area contributed by atoms with Crippen LogP contribution in [-0.2, 0) is 13.0 Å². The first-order chi connectivity index (χ1) is 9.29. The van der Waals surface area contributed by atoms with Gasteiger partial charge in [-0.15, -0.1) is 0 Å². The fourth-order valence-electron chi connectivity index (χ4n) is 1.82. The molecule has 0 aliphatic carbocycles. The molecule has 0 aromatic carbocycles. The van der Waals surface area contributed by atoms with Crippen molar-refractivity contribution in [3.63, 3.8) is 0 Å². The smallest absolute Gasteiger partial charge is 0.245 e. The lowest BCUT2D eigenvalue weighted by Crippen LogP contribution is -2.07. The highest BCUT2D eigenvalue weighted by Crippen LogP contribution is 2.22. The standard InChI is InChI=1S/C10H11N7O2/c1-18-9-7-8(12-4-13-9)17(10(11)15-7)3-2-6-14-5-19-16-6/h4-5H,2-3H2,1H3,(H2,11,15). The molecule has 3 aromatic rings. The summed E-state index contributed by atoms with van der Waals surface area (Å²) in [5.74, 6) is 1.34. The molecule has 0 unspecified atom stereocenters. The lowest BCUT2D eigenvalue weighted by molar-refractivity contribution is 0.401. The summed E-state index contributed by atoms with van der Waals surface area (Å²) in [5.41, 5.74) is 7.04. The van der Waals surface area contributed by atoms with Gasteiger partial charge in [0.1, 0.15) is 6.33 Å². The van der Waals surface area contributed by atoms with Crippen LogP contribution in [0.4, 0.5) is 5.95 Å². The van der Waals surface area contributed by atoms with Gasteiger partial charge in [0.15, 0.2) is 17.0 Å². The largest absolute Gasteiger partial charge is 0.479 e. The average Bonchev–Trinajstić information content (AvgIpc) is 3.03. The van der Waals surface area contributed by atoms with Gasteiger partial charge >= 0.3 is 0 Å². The molecule has 0 atom stereocenters. The number of anilines is 1. The molecule has 0 saturated heterocycles. The van der Waals surface area contributed by atoms with Gasteiger partial charge in [0.05, 0.1) is 7.11 Å². The molecule has 9 heteroatoms. The van der Waals surface area contributed by atoms with E-state index in [2.05, 4.69) is 29.6 Å². The van der Waals surface area contributed by atoms with Gasteiger partial charge in [0, 0.05) is 13.0 Å². The number of hydrogen-bond donors (Lipinski definition) is 1. The van der Waals surface area contributed by atoms with Crippen molar-refractivity contribution >= 4 is 17.1 Å². The van der Waals surface area contributed by atoms with Crippen molar-refractivity contribution in [1.29, 1.82) is 0 Å². The lowest BCUT2D eigenvalue weighted by atomic mass is 10.4. The van der Waals surface area contributed by atoms with E-state index in [0.29, 0.717) is 41.8 Å². The van der Waals surface area contributed by atoms with E-state index < -0.39 is 0 Å². The molecule has 0 bridgehead atoms. The van der Waals surface area contributed by atoms with Crippen LogP contribution < -0.4 is 10.5 Å². The molecular weight excluding hydrogens is 250 g/mol. The number of nitrogens with two attached hydrogens (primary N) is 1. The maximum absolute atomic E-state index is 5.88. The Balaban J connectivity index is 1.96. The normalized spacial score (nSPS) is 11.0. The molecular formula is C10H11N7O2. The Morgan fingerprint density at radius 3 is 3.00 bits per heavy atom. The first-order valence-electron chi connectivity index (χ1n) is 5.55. The Morgan fingerprint density at radius 1 is 1.37 bits per heavy atom. The number of ether oxygens (including phenoxy) is 1. The van der Waals surface area contributed by atoms with Gasteiger partial charge in [0.25, 0.3) is 0 Å². The van der Waals surface area contributed by atoms with E-state index in [4.69, 9.17) is 10.5 Å². The monoisotopic (exact) mass is 261 g/mol. The van der Waals surface area contributed by atoms with Gasteiger partial charge in [-0.1, -0.05) is 5.16 Å². The van der Waals surface area contributed by atoms with Crippen LogP contribution in [0.2, 0.25) is 0 Å². The summed E-state index contributed by atoms with van der Waals surface area (Å²) in [4.78, 5) is 16.3. The summed E-state index contributed by atoms with van der Waals surface area (Å²) in [5, 5.41) is 3.74. The summed E-state index contributed by atoms with van der Waals surface area (Å²) in [6.45, 7) is 0.544. The van der Waals surface area contributed by atoms with E-state index in [0.717, 1.165) is 0 Å². The average molecular weight is 261 g/mol. The molecule has 0 radical (unpaired) electrons. The fourth-order valence-corrected chi connectivity index (χ4v) is 1.82. The molecule has 0 amide bonds. The van der Waals surface area contributed by atoms with E-state index in [9.17, 15) is 0 Å². The number of nitrogen functional groups attached to an aromatic ring is 1. The predicted molar refractivity (Wildman–Crippen MR) is 64.3 cm³/mol. The van der Waals surface area contributed by atoms with Crippen molar-refractivity contribution in [2.24, 2.45) is 0 Å². The zero-order chi connectivity index (χ0) is 13.2. The van der Waals surface area contributed by atoms with E-state index in [1.807, 2.05) is 0 Å². The topological polar surface area (TPSA) is 118 Å². The zero-order valence-corrected chi connectivity index (χ0v) is 10.1. The Labute approximate surface area is 107 Å². The van der Waals surface area contributed by atoms with Crippen molar-refractivity contribution in [1.82, 2.24) is 29.7 Å². The molecule has 2 N–H and O–H groups in total. The molecule has 0 fully saturated rings. The number of fused-ring (bicyclic) bond motifs is 1. The highest BCUT2D eigenvalue weighted by atomic mass is 16.5. The lowest BCUT2D eigenvalue weighted by Gasteiger charge is -2.03. The minimum absolute atomic E-state index is 0.345. The molecule has 19 heavy (non-hydrogen) atoms. The fraction of sp³-hybridized carbons (Fsp3) is 0.300. The SMILES string of the molecule is COc1ncnc2c1nc(N)n2CCc1ncon1. The van der Waals surface area contributed by atoms with Gasteiger partial charge in [-0.2, -0.15) is 9.97 Å². The molecule has 9 nitrogen and oxygen atoms in total. The molecule has 0 aliphatic heterocycles. The summed E-state index contributed by atoms with van der Waals surface area (Å²) in [6, 6.07) is 0. The third-order valence-corrected chi connectivity index (χ3v) is 2.69. The summed E-state index contributed by atoms with van der Waals surface area (Å²) < 4.78 is 11.6. The van der Waals surface area contributed by atoms with Crippen molar-refractivity contribution in [2.75, 3.05) is 12.8 Å². The van der Waals surface area contributed by atoms with Gasteiger partial charge in [-0.05, 0) is 0 Å². The molecule has 0 spiro atoms. The third kappa shape index (κ3) is 1.94. The van der Waals surface area contributed by atoms with Crippen LogP contribution >= 0.6 is 0 Å². The Bertz CT molecular complexity index is 691. The molecule has 3 heterocycles. The van der Waals surface area contributed by atoms with E-state index >= 15 is 0 Å². The molecule has 0 aliphatic rings. The summed E-state index contributed by atoms with van der Waals surface area (Å²) in [6.07, 6.45) is 3.27. The second-order valence-corrected chi connectivity index (χ2v) is 3.77. The van der Waals surface area contributed by atoms with Gasteiger partial charge < -0.3 is 15.0 Å². The van der Waals surface area contributed by atoms with Crippen molar-refractivity contribution in [2.45, 2.75) is 13.0 Å². The number of aromatic nitrogens is 6. The Kier molecular flexibility index (Phi) is 2.71. The number of imidazole rings is 1. The first-order valence-corrected chi connectivity index (χ1v) is 5.55. The molecule has 3 rings (SSSR count). The van der Waals surface area contributed by atoms with Gasteiger partial charge in [-0.3, -0.25) is 4.57 Å². The third-order valence-electron chi connectivity index (χ3n) is 2.69.